The molecule has 166 valence electrons. The fourth-order valence-electron chi connectivity index (χ4n) is 3.16. The van der Waals surface area contributed by atoms with E-state index >= 15 is 0 Å². The molecule has 1 aliphatic heterocycles. The van der Waals surface area contributed by atoms with E-state index in [0.717, 1.165) is 48.3 Å². The van der Waals surface area contributed by atoms with Gasteiger partial charge < -0.3 is 10.2 Å². The number of nitrogens with one attached hydrogen (secondary N) is 1. The summed E-state index contributed by atoms with van der Waals surface area (Å²) in [5.41, 5.74) is 2.38. The molecule has 1 aliphatic rings. The van der Waals surface area contributed by atoms with Crippen molar-refractivity contribution in [1.29, 1.82) is 5.26 Å². The summed E-state index contributed by atoms with van der Waals surface area (Å²) >= 11 is 1.65. The second-order valence-electron chi connectivity index (χ2n) is 6.97. The Labute approximate surface area is 193 Å². The topological polar surface area (TPSA) is 68.1 Å². The average molecular weight is 451 g/mol. The molecule has 1 aromatic heterocycles. The van der Waals surface area contributed by atoms with E-state index in [2.05, 4.69) is 30.6 Å². The van der Waals surface area contributed by atoms with E-state index in [4.69, 9.17) is 5.26 Å². The standard InChI is InChI=1S/C22H21FN6S.C2H6/c1-16-14-21(26-19-6-2-17(15-24)3-7-19)27-22(25-16)28-10-12-29(13-11-28)30-20-8-4-18(23)5-9-20;1-2/h2-9,14H,10-13H2,1H3,(H,25,26,27);1-2H3. The van der Waals surface area contributed by atoms with Gasteiger partial charge in [-0.05, 0) is 67.4 Å². The molecule has 0 radical (unpaired) electrons. The minimum Gasteiger partial charge on any atom is -0.340 e. The third-order valence-corrected chi connectivity index (χ3v) is 5.80. The minimum atomic E-state index is -0.216. The second kappa shape index (κ2) is 11.5. The van der Waals surface area contributed by atoms with Gasteiger partial charge in [0.25, 0.3) is 0 Å². The van der Waals surface area contributed by atoms with Crippen LogP contribution in [-0.2, 0) is 0 Å². The van der Waals surface area contributed by atoms with E-state index in [-0.39, 0.29) is 5.82 Å². The van der Waals surface area contributed by atoms with Gasteiger partial charge >= 0.3 is 0 Å². The minimum absolute atomic E-state index is 0.216. The maximum Gasteiger partial charge on any atom is 0.227 e. The summed E-state index contributed by atoms with van der Waals surface area (Å²) in [6.45, 7) is 9.30. The molecule has 0 spiro atoms. The fraction of sp³-hybridized carbons (Fsp3) is 0.292. The first-order chi connectivity index (χ1) is 15.6. The molecule has 0 saturated carbocycles. The zero-order valence-corrected chi connectivity index (χ0v) is 19.4. The maximum atomic E-state index is 13.1. The van der Waals surface area contributed by atoms with Crippen molar-refractivity contribution in [2.24, 2.45) is 0 Å². The molecule has 0 atom stereocenters. The molecule has 0 aliphatic carbocycles. The van der Waals surface area contributed by atoms with Crippen LogP contribution in [0.1, 0.15) is 25.1 Å². The van der Waals surface area contributed by atoms with Crippen LogP contribution in [0.25, 0.3) is 0 Å². The van der Waals surface area contributed by atoms with Crippen molar-refractivity contribution in [3.05, 3.63) is 71.7 Å². The van der Waals surface area contributed by atoms with Crippen molar-refractivity contribution in [3.63, 3.8) is 0 Å². The molecule has 0 amide bonds. The van der Waals surface area contributed by atoms with Crippen LogP contribution >= 0.6 is 11.9 Å². The van der Waals surface area contributed by atoms with E-state index in [1.165, 1.54) is 12.1 Å². The number of anilines is 3. The van der Waals surface area contributed by atoms with Crippen LogP contribution in [-0.4, -0.2) is 40.5 Å². The van der Waals surface area contributed by atoms with Crippen molar-refractivity contribution >= 4 is 29.4 Å². The van der Waals surface area contributed by atoms with Gasteiger partial charge in [0.05, 0.1) is 11.6 Å². The second-order valence-corrected chi connectivity index (χ2v) is 8.14. The highest BCUT2D eigenvalue weighted by Gasteiger charge is 2.20. The highest BCUT2D eigenvalue weighted by molar-refractivity contribution is 7.97. The Kier molecular flexibility index (Phi) is 8.42. The van der Waals surface area contributed by atoms with Crippen LogP contribution in [0.2, 0.25) is 0 Å². The van der Waals surface area contributed by atoms with Crippen LogP contribution in [0.5, 0.6) is 0 Å². The number of halogens is 1. The summed E-state index contributed by atoms with van der Waals surface area (Å²) in [6.07, 6.45) is 0. The lowest BCUT2D eigenvalue weighted by atomic mass is 10.2. The fourth-order valence-corrected chi connectivity index (χ4v) is 4.06. The number of hydrogen-bond donors (Lipinski definition) is 1. The first-order valence-electron chi connectivity index (χ1n) is 10.7. The smallest absolute Gasteiger partial charge is 0.227 e. The van der Waals surface area contributed by atoms with E-state index in [0.29, 0.717) is 11.5 Å². The molecule has 1 N–H and O–H groups in total. The van der Waals surface area contributed by atoms with Gasteiger partial charge in [-0.15, -0.1) is 0 Å². The highest BCUT2D eigenvalue weighted by Crippen LogP contribution is 2.26. The molecule has 1 saturated heterocycles. The van der Waals surface area contributed by atoms with Gasteiger partial charge in [-0.25, -0.2) is 13.7 Å². The molecule has 3 aromatic rings. The molecule has 32 heavy (non-hydrogen) atoms. The van der Waals surface area contributed by atoms with Crippen molar-refractivity contribution in [3.8, 4) is 6.07 Å². The molecule has 6 nitrogen and oxygen atoms in total. The van der Waals surface area contributed by atoms with Gasteiger partial charge in [0, 0.05) is 48.5 Å². The third kappa shape index (κ3) is 6.42. The Balaban J connectivity index is 0.00000141. The number of nitriles is 1. The number of nitrogens with zero attached hydrogens (tertiary/aromatic N) is 5. The summed E-state index contributed by atoms with van der Waals surface area (Å²) < 4.78 is 15.4. The Morgan fingerprint density at radius 2 is 1.62 bits per heavy atom. The largest absolute Gasteiger partial charge is 0.340 e. The van der Waals surface area contributed by atoms with Crippen LogP contribution in [0.4, 0.5) is 21.8 Å². The molecule has 4 rings (SSSR count). The molecule has 2 heterocycles. The summed E-state index contributed by atoms with van der Waals surface area (Å²) in [5, 5.41) is 12.2. The summed E-state index contributed by atoms with van der Waals surface area (Å²) in [5.74, 6) is 1.22. The zero-order valence-electron chi connectivity index (χ0n) is 18.5. The average Bonchev–Trinajstić information content (AvgIpc) is 2.82. The SMILES string of the molecule is CC.Cc1cc(Nc2ccc(C#N)cc2)nc(N2CCN(Sc3ccc(F)cc3)CC2)n1. The van der Waals surface area contributed by atoms with Crippen molar-refractivity contribution < 1.29 is 4.39 Å². The van der Waals surface area contributed by atoms with Gasteiger partial charge in [0.15, 0.2) is 0 Å². The molecular formula is C24H27FN6S. The Morgan fingerprint density at radius 1 is 0.969 bits per heavy atom. The lowest BCUT2D eigenvalue weighted by molar-refractivity contribution is 0.426. The van der Waals surface area contributed by atoms with E-state index in [9.17, 15) is 4.39 Å². The Morgan fingerprint density at radius 3 is 2.25 bits per heavy atom. The molecule has 8 heteroatoms. The first kappa shape index (κ1) is 23.5. The van der Waals surface area contributed by atoms with Crippen LogP contribution in [0.3, 0.4) is 0 Å². The summed E-state index contributed by atoms with van der Waals surface area (Å²) in [6, 6.07) is 17.9. The number of hydrogen-bond acceptors (Lipinski definition) is 7. The van der Waals surface area contributed by atoms with Crippen molar-refractivity contribution in [1.82, 2.24) is 14.3 Å². The normalized spacial score (nSPS) is 13.7. The summed E-state index contributed by atoms with van der Waals surface area (Å²) in [4.78, 5) is 12.5. The molecule has 2 aromatic carbocycles. The maximum absolute atomic E-state index is 13.1. The number of aromatic nitrogens is 2. The summed E-state index contributed by atoms with van der Waals surface area (Å²) in [7, 11) is 0. The van der Waals surface area contributed by atoms with E-state index in [1.807, 2.05) is 39.0 Å². The number of piperazine rings is 1. The van der Waals surface area contributed by atoms with Crippen molar-refractivity contribution in [2.75, 3.05) is 36.4 Å². The van der Waals surface area contributed by atoms with Gasteiger partial charge in [0.2, 0.25) is 5.95 Å². The van der Waals surface area contributed by atoms with Crippen LogP contribution in [0, 0.1) is 24.1 Å². The number of rotatable bonds is 5. The van der Waals surface area contributed by atoms with Crippen molar-refractivity contribution in [2.45, 2.75) is 25.7 Å². The molecule has 1 fully saturated rings. The van der Waals surface area contributed by atoms with Gasteiger partial charge in [-0.2, -0.15) is 10.2 Å². The quantitative estimate of drug-likeness (QED) is 0.522. The van der Waals surface area contributed by atoms with Gasteiger partial charge in [-0.3, -0.25) is 0 Å². The third-order valence-electron chi connectivity index (χ3n) is 4.70. The number of benzene rings is 2. The Bertz CT molecular complexity index is 1040. The zero-order chi connectivity index (χ0) is 22.9. The monoisotopic (exact) mass is 450 g/mol. The lowest BCUT2D eigenvalue weighted by Crippen LogP contribution is -2.44. The number of aryl methyl sites for hydroxylation is 1. The van der Waals surface area contributed by atoms with E-state index in [1.54, 1.807) is 36.2 Å². The lowest BCUT2D eigenvalue weighted by Gasteiger charge is -2.34. The highest BCUT2D eigenvalue weighted by atomic mass is 32.2. The van der Waals surface area contributed by atoms with E-state index < -0.39 is 0 Å². The predicted molar refractivity (Wildman–Crippen MR) is 129 cm³/mol. The van der Waals surface area contributed by atoms with Gasteiger partial charge in [0.1, 0.15) is 11.6 Å². The molecular weight excluding hydrogens is 423 g/mol. The predicted octanol–water partition coefficient (Wildman–Crippen LogP) is 5.39. The van der Waals surface area contributed by atoms with Gasteiger partial charge in [-0.1, -0.05) is 13.8 Å². The van der Waals surface area contributed by atoms with Crippen LogP contribution < -0.4 is 10.2 Å². The molecule has 0 unspecified atom stereocenters. The molecule has 0 bridgehead atoms. The first-order valence-corrected chi connectivity index (χ1v) is 11.4. The Hall–Kier alpha value is -3.15. The van der Waals surface area contributed by atoms with Crippen LogP contribution in [0.15, 0.2) is 59.5 Å².